The molecule has 2 unspecified atom stereocenters. The molecule has 1 aliphatic heterocycles. The van der Waals surface area contributed by atoms with E-state index in [-0.39, 0.29) is 17.6 Å². The van der Waals surface area contributed by atoms with Crippen molar-refractivity contribution in [1.82, 2.24) is 15.5 Å². The van der Waals surface area contributed by atoms with E-state index in [9.17, 15) is 14.4 Å². The third kappa shape index (κ3) is 5.37. The molecule has 0 spiro atoms. The summed E-state index contributed by atoms with van der Waals surface area (Å²) in [5, 5.41) is 5.34. The Morgan fingerprint density at radius 2 is 1.90 bits per heavy atom. The van der Waals surface area contributed by atoms with Crippen molar-refractivity contribution in [2.24, 2.45) is 0 Å². The fraction of sp³-hybridized carbons (Fsp3) is 0.348. The van der Waals surface area contributed by atoms with E-state index >= 15 is 0 Å². The third-order valence-electron chi connectivity index (χ3n) is 5.16. The topological polar surface area (TPSA) is 91.6 Å². The summed E-state index contributed by atoms with van der Waals surface area (Å²) in [4.78, 5) is 40.1. The molecule has 3 amide bonds. The molecular formula is C23H27N3O4. The molecule has 0 aliphatic carbocycles. The first-order valence-corrected chi connectivity index (χ1v) is 10.2. The second-order valence-corrected chi connectivity index (χ2v) is 7.47. The predicted molar refractivity (Wildman–Crippen MR) is 113 cm³/mol. The summed E-state index contributed by atoms with van der Waals surface area (Å²) in [5.74, 6) is -0.687. The highest BCUT2D eigenvalue weighted by atomic mass is 16.3. The van der Waals surface area contributed by atoms with E-state index in [0.717, 1.165) is 19.3 Å². The molecule has 1 aromatic heterocycles. The molecule has 2 N–H and O–H groups in total. The van der Waals surface area contributed by atoms with Gasteiger partial charge in [-0.3, -0.25) is 14.4 Å². The summed E-state index contributed by atoms with van der Waals surface area (Å²) < 4.78 is 5.28. The van der Waals surface area contributed by atoms with Crippen LogP contribution in [0.25, 0.3) is 6.08 Å². The van der Waals surface area contributed by atoms with Gasteiger partial charge < -0.3 is 20.0 Å². The second-order valence-electron chi connectivity index (χ2n) is 7.47. The van der Waals surface area contributed by atoms with Gasteiger partial charge in [-0.2, -0.15) is 0 Å². The van der Waals surface area contributed by atoms with Crippen molar-refractivity contribution in [2.45, 2.75) is 45.2 Å². The molecule has 2 aromatic rings. The molecule has 2 atom stereocenters. The molecule has 7 heteroatoms. The van der Waals surface area contributed by atoms with E-state index in [1.165, 1.54) is 12.3 Å². The fourth-order valence-corrected chi connectivity index (χ4v) is 3.47. The standard InChI is InChI=1S/C23H27N3O4/c1-16-9-6-7-13-26(16)23(29)17(2)24-22(28)20(15-19-12-8-14-30-19)25-21(27)18-10-4-3-5-11-18/h3-5,8,10-12,14-17H,6-7,9,13H2,1-2H3,(H,24,28)(H,25,27). The number of hydrogen-bond acceptors (Lipinski definition) is 4. The highest BCUT2D eigenvalue weighted by molar-refractivity contribution is 6.06. The maximum absolute atomic E-state index is 12.9. The van der Waals surface area contributed by atoms with Crippen molar-refractivity contribution in [3.8, 4) is 0 Å². The summed E-state index contributed by atoms with van der Waals surface area (Å²) in [6.07, 6.45) is 5.95. The van der Waals surface area contributed by atoms with Gasteiger partial charge in [0.1, 0.15) is 17.5 Å². The Morgan fingerprint density at radius 3 is 2.57 bits per heavy atom. The Labute approximate surface area is 176 Å². The van der Waals surface area contributed by atoms with Crippen LogP contribution in [0.5, 0.6) is 0 Å². The van der Waals surface area contributed by atoms with Gasteiger partial charge in [0.2, 0.25) is 5.91 Å². The highest BCUT2D eigenvalue weighted by Gasteiger charge is 2.28. The minimum Gasteiger partial charge on any atom is -0.465 e. The molecule has 1 aromatic carbocycles. The number of nitrogens with zero attached hydrogens (tertiary/aromatic N) is 1. The molecule has 158 valence electrons. The highest BCUT2D eigenvalue weighted by Crippen LogP contribution is 2.17. The van der Waals surface area contributed by atoms with Gasteiger partial charge in [-0.15, -0.1) is 0 Å². The lowest BCUT2D eigenvalue weighted by Crippen LogP contribution is -2.52. The molecule has 3 rings (SSSR count). The number of rotatable bonds is 6. The predicted octanol–water partition coefficient (Wildman–Crippen LogP) is 2.96. The first-order chi connectivity index (χ1) is 14.5. The molecule has 2 heterocycles. The maximum Gasteiger partial charge on any atom is 0.268 e. The summed E-state index contributed by atoms with van der Waals surface area (Å²) in [6, 6.07) is 11.4. The maximum atomic E-state index is 12.9. The zero-order valence-corrected chi connectivity index (χ0v) is 17.3. The van der Waals surface area contributed by atoms with E-state index in [1.54, 1.807) is 49.4 Å². The summed E-state index contributed by atoms with van der Waals surface area (Å²) in [6.45, 7) is 4.37. The average molecular weight is 409 g/mol. The number of carbonyl (C=O) groups is 3. The van der Waals surface area contributed by atoms with Gasteiger partial charge in [0, 0.05) is 24.2 Å². The van der Waals surface area contributed by atoms with Crippen LogP contribution in [0.4, 0.5) is 0 Å². The fourth-order valence-electron chi connectivity index (χ4n) is 3.47. The largest absolute Gasteiger partial charge is 0.465 e. The van der Waals surface area contributed by atoms with Gasteiger partial charge in [-0.05, 0) is 57.4 Å². The molecule has 1 saturated heterocycles. The Kier molecular flexibility index (Phi) is 7.06. The number of nitrogens with one attached hydrogen (secondary N) is 2. The summed E-state index contributed by atoms with van der Waals surface area (Å²) in [5.41, 5.74) is 0.423. The Morgan fingerprint density at radius 1 is 1.13 bits per heavy atom. The van der Waals surface area contributed by atoms with Crippen molar-refractivity contribution < 1.29 is 18.8 Å². The number of hydrogen-bond donors (Lipinski definition) is 2. The van der Waals surface area contributed by atoms with E-state index in [1.807, 2.05) is 11.8 Å². The number of likely N-dealkylation sites (tertiary alicyclic amines) is 1. The van der Waals surface area contributed by atoms with Crippen LogP contribution in [0.3, 0.4) is 0 Å². The molecule has 30 heavy (non-hydrogen) atoms. The molecule has 1 aliphatic rings. The van der Waals surface area contributed by atoms with E-state index in [4.69, 9.17) is 4.42 Å². The van der Waals surface area contributed by atoms with Gasteiger partial charge in [0.25, 0.3) is 11.8 Å². The number of amides is 3. The summed E-state index contributed by atoms with van der Waals surface area (Å²) in [7, 11) is 0. The average Bonchev–Trinajstić information content (AvgIpc) is 3.26. The number of furan rings is 1. The van der Waals surface area contributed by atoms with Crippen LogP contribution in [0.1, 0.15) is 49.2 Å². The van der Waals surface area contributed by atoms with Gasteiger partial charge in [0.05, 0.1) is 6.26 Å². The van der Waals surface area contributed by atoms with Gasteiger partial charge in [-0.1, -0.05) is 18.2 Å². The lowest BCUT2D eigenvalue weighted by Gasteiger charge is -2.35. The monoisotopic (exact) mass is 409 g/mol. The molecule has 0 radical (unpaired) electrons. The Hall–Kier alpha value is -3.35. The Balaban J connectivity index is 1.73. The first kappa shape index (κ1) is 21.4. The minimum atomic E-state index is -0.716. The van der Waals surface area contributed by atoms with Crippen LogP contribution in [0.2, 0.25) is 0 Å². The van der Waals surface area contributed by atoms with E-state index in [2.05, 4.69) is 10.6 Å². The number of piperidine rings is 1. The number of carbonyl (C=O) groups excluding carboxylic acids is 3. The second kappa shape index (κ2) is 9.91. The first-order valence-electron chi connectivity index (χ1n) is 10.2. The SMILES string of the molecule is CC(NC(=O)C(=Cc1ccco1)NC(=O)c1ccccc1)C(=O)N1CCCCC1C. The molecule has 0 saturated carbocycles. The van der Waals surface area contributed by atoms with Crippen molar-refractivity contribution in [3.05, 3.63) is 65.7 Å². The normalized spacial score (nSPS) is 17.9. The molecule has 7 nitrogen and oxygen atoms in total. The zero-order valence-electron chi connectivity index (χ0n) is 17.3. The molecule has 1 fully saturated rings. The molecule has 0 bridgehead atoms. The van der Waals surface area contributed by atoms with Crippen LogP contribution < -0.4 is 10.6 Å². The summed E-state index contributed by atoms with van der Waals surface area (Å²) >= 11 is 0. The Bertz CT molecular complexity index is 906. The van der Waals surface area contributed by atoms with E-state index in [0.29, 0.717) is 17.9 Å². The van der Waals surface area contributed by atoms with Crippen molar-refractivity contribution >= 4 is 23.8 Å². The van der Waals surface area contributed by atoms with Crippen LogP contribution in [-0.4, -0.2) is 41.2 Å². The van der Waals surface area contributed by atoms with Gasteiger partial charge >= 0.3 is 0 Å². The van der Waals surface area contributed by atoms with Crippen LogP contribution in [-0.2, 0) is 9.59 Å². The lowest BCUT2D eigenvalue weighted by molar-refractivity contribution is -0.138. The van der Waals surface area contributed by atoms with E-state index < -0.39 is 17.9 Å². The zero-order chi connectivity index (χ0) is 21.5. The van der Waals surface area contributed by atoms with Crippen LogP contribution in [0, 0.1) is 0 Å². The van der Waals surface area contributed by atoms with Crippen molar-refractivity contribution in [1.29, 1.82) is 0 Å². The lowest BCUT2D eigenvalue weighted by atomic mass is 10.0. The number of benzene rings is 1. The third-order valence-corrected chi connectivity index (χ3v) is 5.16. The van der Waals surface area contributed by atoms with Crippen LogP contribution in [0.15, 0.2) is 58.8 Å². The van der Waals surface area contributed by atoms with Crippen LogP contribution >= 0.6 is 0 Å². The van der Waals surface area contributed by atoms with Crippen molar-refractivity contribution in [2.75, 3.05) is 6.54 Å². The van der Waals surface area contributed by atoms with Gasteiger partial charge in [0.15, 0.2) is 0 Å². The quantitative estimate of drug-likeness (QED) is 0.718. The smallest absolute Gasteiger partial charge is 0.268 e. The van der Waals surface area contributed by atoms with Gasteiger partial charge in [-0.25, -0.2) is 0 Å². The molecular weight excluding hydrogens is 382 g/mol. The minimum absolute atomic E-state index is 0.00476. The van der Waals surface area contributed by atoms with Crippen molar-refractivity contribution in [3.63, 3.8) is 0 Å².